The highest BCUT2D eigenvalue weighted by atomic mass is 35.5. The summed E-state index contributed by atoms with van der Waals surface area (Å²) in [6, 6.07) is 5.72. The van der Waals surface area contributed by atoms with Gasteiger partial charge in [-0.15, -0.1) is 0 Å². The number of hydrogen-bond donors (Lipinski definition) is 0. The monoisotopic (exact) mass is 212 g/mol. The molecule has 0 unspecified atom stereocenters. The molecule has 0 bridgehead atoms. The van der Waals surface area contributed by atoms with Crippen LogP contribution < -0.4 is 0 Å². The first kappa shape index (κ1) is 10.7. The quantitative estimate of drug-likeness (QED) is 0.482. The maximum absolute atomic E-state index is 10.4. The van der Waals surface area contributed by atoms with Crippen LogP contribution in [0.25, 0.3) is 0 Å². The van der Waals surface area contributed by atoms with E-state index in [0.29, 0.717) is 4.42 Å². The summed E-state index contributed by atoms with van der Waals surface area (Å²) in [4.78, 5) is 24.5. The molecule has 4 nitrogen and oxygen atoms in total. The SMILES string of the molecule is O=C1CCC(=O)N1Cl.c1ccncc1. The second kappa shape index (κ2) is 5.34. The molecule has 1 aliphatic heterocycles. The average molecular weight is 213 g/mol. The van der Waals surface area contributed by atoms with E-state index in [4.69, 9.17) is 11.8 Å². The first-order chi connectivity index (χ1) is 6.72. The minimum Gasteiger partial charge on any atom is -0.273 e. The smallest absolute Gasteiger partial charge is 0.244 e. The normalized spacial score (nSPS) is 15.1. The van der Waals surface area contributed by atoms with Crippen LogP contribution in [0, 0.1) is 0 Å². The zero-order chi connectivity index (χ0) is 10.4. The average Bonchev–Trinajstić information content (AvgIpc) is 2.53. The van der Waals surface area contributed by atoms with Crippen LogP contribution >= 0.6 is 11.8 Å². The Hall–Kier alpha value is -1.42. The van der Waals surface area contributed by atoms with Crippen LogP contribution in [0.2, 0.25) is 0 Å². The summed E-state index contributed by atoms with van der Waals surface area (Å²) < 4.78 is 0.639. The van der Waals surface area contributed by atoms with Gasteiger partial charge in [0.25, 0.3) is 0 Å². The molecule has 1 fully saturated rings. The van der Waals surface area contributed by atoms with E-state index in [-0.39, 0.29) is 24.7 Å². The Labute approximate surface area is 86.6 Å². The lowest BCUT2D eigenvalue weighted by Gasteiger charge is -1.96. The summed E-state index contributed by atoms with van der Waals surface area (Å²) in [6.07, 6.45) is 4.03. The van der Waals surface area contributed by atoms with Crippen LogP contribution in [0.15, 0.2) is 30.6 Å². The van der Waals surface area contributed by atoms with E-state index in [0.717, 1.165) is 0 Å². The van der Waals surface area contributed by atoms with E-state index in [2.05, 4.69) is 4.98 Å². The fourth-order valence-corrected chi connectivity index (χ4v) is 1.03. The van der Waals surface area contributed by atoms with Crippen molar-refractivity contribution in [1.82, 2.24) is 9.40 Å². The molecular formula is C9H9ClN2O2. The second-order valence-corrected chi connectivity index (χ2v) is 2.93. The third-order valence-electron chi connectivity index (χ3n) is 1.56. The first-order valence-electron chi connectivity index (χ1n) is 4.08. The summed E-state index contributed by atoms with van der Waals surface area (Å²) >= 11 is 5.15. The molecule has 0 radical (unpaired) electrons. The van der Waals surface area contributed by atoms with E-state index in [1.807, 2.05) is 18.2 Å². The van der Waals surface area contributed by atoms with Crippen molar-refractivity contribution in [3.05, 3.63) is 30.6 Å². The van der Waals surface area contributed by atoms with E-state index in [1.54, 1.807) is 12.4 Å². The van der Waals surface area contributed by atoms with Gasteiger partial charge in [0.1, 0.15) is 0 Å². The Balaban J connectivity index is 0.000000146. The van der Waals surface area contributed by atoms with Crippen molar-refractivity contribution in [2.24, 2.45) is 0 Å². The number of carbonyl (C=O) groups is 2. The largest absolute Gasteiger partial charge is 0.273 e. The molecule has 1 aromatic heterocycles. The summed E-state index contributed by atoms with van der Waals surface area (Å²) in [7, 11) is 0. The minimum atomic E-state index is -0.295. The lowest BCUT2D eigenvalue weighted by atomic mass is 10.4. The van der Waals surface area contributed by atoms with Crippen LogP contribution in [0.3, 0.4) is 0 Å². The number of imide groups is 1. The van der Waals surface area contributed by atoms with E-state index < -0.39 is 0 Å². The number of aromatic nitrogens is 1. The van der Waals surface area contributed by atoms with Crippen LogP contribution in [0.4, 0.5) is 0 Å². The van der Waals surface area contributed by atoms with Crippen LogP contribution in [-0.2, 0) is 9.59 Å². The lowest BCUT2D eigenvalue weighted by Crippen LogP contribution is -2.16. The molecule has 0 saturated carbocycles. The molecule has 2 rings (SSSR count). The van der Waals surface area contributed by atoms with Gasteiger partial charge >= 0.3 is 0 Å². The van der Waals surface area contributed by atoms with Crippen molar-refractivity contribution in [1.29, 1.82) is 0 Å². The molecule has 1 aromatic rings. The van der Waals surface area contributed by atoms with Crippen molar-refractivity contribution >= 4 is 23.6 Å². The Morgan fingerprint density at radius 2 is 1.57 bits per heavy atom. The predicted octanol–water partition coefficient (Wildman–Crippen LogP) is 1.37. The van der Waals surface area contributed by atoms with Gasteiger partial charge in [-0.3, -0.25) is 14.6 Å². The van der Waals surface area contributed by atoms with Gasteiger partial charge in [0.2, 0.25) is 11.8 Å². The van der Waals surface area contributed by atoms with Gasteiger partial charge in [0, 0.05) is 37.0 Å². The molecule has 5 heteroatoms. The van der Waals surface area contributed by atoms with Gasteiger partial charge in [-0.05, 0) is 12.1 Å². The van der Waals surface area contributed by atoms with Crippen molar-refractivity contribution in [3.8, 4) is 0 Å². The highest BCUT2D eigenvalue weighted by Gasteiger charge is 2.26. The Morgan fingerprint density at radius 1 is 1.07 bits per heavy atom. The zero-order valence-corrected chi connectivity index (χ0v) is 8.15. The second-order valence-electron chi connectivity index (χ2n) is 2.59. The summed E-state index contributed by atoms with van der Waals surface area (Å²) in [5, 5.41) is 0. The summed E-state index contributed by atoms with van der Waals surface area (Å²) in [6.45, 7) is 0. The standard InChI is InChI=1S/C5H5N.C4H4ClNO2/c1-2-4-6-5-3-1;5-6-3(7)1-2-4(6)8/h1-5H;1-2H2. The van der Waals surface area contributed by atoms with Crippen molar-refractivity contribution in [2.45, 2.75) is 12.8 Å². The molecule has 0 aromatic carbocycles. The number of hydrogen-bond acceptors (Lipinski definition) is 3. The third kappa shape index (κ3) is 3.14. The number of pyridine rings is 1. The summed E-state index contributed by atoms with van der Waals surface area (Å²) in [5.74, 6) is -0.590. The van der Waals surface area contributed by atoms with E-state index >= 15 is 0 Å². The van der Waals surface area contributed by atoms with E-state index in [1.165, 1.54) is 0 Å². The van der Waals surface area contributed by atoms with Crippen molar-refractivity contribution in [3.63, 3.8) is 0 Å². The lowest BCUT2D eigenvalue weighted by molar-refractivity contribution is -0.132. The predicted molar refractivity (Wildman–Crippen MR) is 51.2 cm³/mol. The number of rotatable bonds is 0. The van der Waals surface area contributed by atoms with Crippen LogP contribution in [0.1, 0.15) is 12.8 Å². The topological polar surface area (TPSA) is 50.3 Å². The molecule has 1 aliphatic rings. The molecule has 0 atom stereocenters. The van der Waals surface area contributed by atoms with E-state index in [9.17, 15) is 9.59 Å². The zero-order valence-electron chi connectivity index (χ0n) is 7.39. The molecule has 74 valence electrons. The number of halogens is 1. The molecular weight excluding hydrogens is 204 g/mol. The van der Waals surface area contributed by atoms with Crippen molar-refractivity contribution in [2.75, 3.05) is 0 Å². The Kier molecular flexibility index (Phi) is 4.07. The fraction of sp³-hybridized carbons (Fsp3) is 0.222. The van der Waals surface area contributed by atoms with Gasteiger partial charge in [0.15, 0.2) is 0 Å². The van der Waals surface area contributed by atoms with Gasteiger partial charge in [-0.25, -0.2) is 0 Å². The molecule has 0 aliphatic carbocycles. The number of carbonyl (C=O) groups excluding carboxylic acids is 2. The summed E-state index contributed by atoms with van der Waals surface area (Å²) in [5.41, 5.74) is 0. The van der Waals surface area contributed by atoms with Crippen LogP contribution in [-0.4, -0.2) is 21.2 Å². The third-order valence-corrected chi connectivity index (χ3v) is 1.93. The Morgan fingerprint density at radius 3 is 1.71 bits per heavy atom. The van der Waals surface area contributed by atoms with Gasteiger partial charge in [0.05, 0.1) is 0 Å². The molecule has 1 saturated heterocycles. The van der Waals surface area contributed by atoms with Gasteiger partial charge in [-0.1, -0.05) is 6.07 Å². The maximum Gasteiger partial charge on any atom is 0.244 e. The maximum atomic E-state index is 10.4. The Bertz CT molecular complexity index is 273. The van der Waals surface area contributed by atoms with Crippen LogP contribution in [0.5, 0.6) is 0 Å². The molecule has 0 N–H and O–H groups in total. The van der Waals surface area contributed by atoms with Gasteiger partial charge in [-0.2, -0.15) is 4.42 Å². The molecule has 0 spiro atoms. The fourth-order valence-electron chi connectivity index (χ4n) is 0.862. The molecule has 2 heterocycles. The highest BCUT2D eigenvalue weighted by molar-refractivity contribution is 6.32. The minimum absolute atomic E-state index is 0.266. The molecule has 2 amide bonds. The first-order valence-corrected chi connectivity index (χ1v) is 4.42. The highest BCUT2D eigenvalue weighted by Crippen LogP contribution is 2.12. The van der Waals surface area contributed by atoms with Gasteiger partial charge < -0.3 is 0 Å². The van der Waals surface area contributed by atoms with Crippen molar-refractivity contribution < 1.29 is 9.59 Å². The molecule has 14 heavy (non-hydrogen) atoms. The number of nitrogens with zero attached hydrogens (tertiary/aromatic N) is 2. The number of amides is 2.